The molecule has 1 aliphatic carbocycles. The van der Waals surface area contributed by atoms with Crippen LogP contribution in [-0.2, 0) is 22.4 Å². The van der Waals surface area contributed by atoms with Gasteiger partial charge in [-0.25, -0.2) is 4.79 Å². The maximum absolute atomic E-state index is 12.3. The predicted molar refractivity (Wildman–Crippen MR) is 101 cm³/mol. The van der Waals surface area contributed by atoms with E-state index in [2.05, 4.69) is 5.32 Å². The van der Waals surface area contributed by atoms with Crippen LogP contribution in [-0.4, -0.2) is 24.5 Å². The lowest BCUT2D eigenvalue weighted by atomic mass is 9.90. The molecule has 0 radical (unpaired) electrons. The predicted octanol–water partition coefficient (Wildman–Crippen LogP) is 1.39. The summed E-state index contributed by atoms with van der Waals surface area (Å²) in [4.78, 5) is 34.9. The summed E-state index contributed by atoms with van der Waals surface area (Å²) in [5.74, 6) is -1.01. The second-order valence-corrected chi connectivity index (χ2v) is 7.15. The van der Waals surface area contributed by atoms with Crippen molar-refractivity contribution in [3.63, 3.8) is 0 Å². The molecule has 1 N–H and O–H groups in total. The van der Waals surface area contributed by atoms with Crippen LogP contribution in [0.3, 0.4) is 0 Å². The van der Waals surface area contributed by atoms with Crippen molar-refractivity contribution in [3.8, 4) is 5.75 Å². The van der Waals surface area contributed by atoms with Gasteiger partial charge in [-0.3, -0.25) is 4.79 Å². The number of carbonyl (C=O) groups is 2. The number of carbonyl (C=O) groups excluding carboxylic acids is 2. The summed E-state index contributed by atoms with van der Waals surface area (Å²) in [7, 11) is 0. The molecule has 0 unspecified atom stereocenters. The molecule has 2 aromatic rings. The van der Waals surface area contributed by atoms with Crippen LogP contribution >= 0.6 is 0 Å². The Hall–Kier alpha value is -2.83. The van der Waals surface area contributed by atoms with Gasteiger partial charge in [-0.15, -0.1) is 0 Å². The fourth-order valence-electron chi connectivity index (χ4n) is 3.58. The number of rotatable bonds is 7. The van der Waals surface area contributed by atoms with E-state index in [1.165, 1.54) is 0 Å². The summed E-state index contributed by atoms with van der Waals surface area (Å²) < 4.78 is 11.4. The highest BCUT2D eigenvalue weighted by Gasteiger charge is 2.21. The molecule has 1 heterocycles. The summed E-state index contributed by atoms with van der Waals surface area (Å²) >= 11 is 0. The molecule has 1 aliphatic rings. The van der Waals surface area contributed by atoms with E-state index in [9.17, 15) is 19.5 Å². The zero-order chi connectivity index (χ0) is 20.3. The van der Waals surface area contributed by atoms with E-state index in [0.29, 0.717) is 23.3 Å². The van der Waals surface area contributed by atoms with E-state index < -0.39 is 12.1 Å². The van der Waals surface area contributed by atoms with Gasteiger partial charge in [0.05, 0.1) is 0 Å². The number of amides is 1. The zero-order valence-corrected chi connectivity index (χ0v) is 16.1. The van der Waals surface area contributed by atoms with E-state index in [1.807, 2.05) is 6.07 Å². The van der Waals surface area contributed by atoms with Crippen molar-refractivity contribution in [2.75, 3.05) is 6.54 Å². The Labute approximate surface area is 162 Å². The summed E-state index contributed by atoms with van der Waals surface area (Å²) in [6, 6.07) is 3.68. The number of aryl methyl sites for hydroxylation is 2. The lowest BCUT2D eigenvalue weighted by Gasteiger charge is -2.19. The number of hydrogen-bond donors (Lipinski definition) is 1. The highest BCUT2D eigenvalue weighted by molar-refractivity contribution is 5.86. The van der Waals surface area contributed by atoms with Gasteiger partial charge in [0.2, 0.25) is 0 Å². The smallest absolute Gasteiger partial charge is 0.339 e. The Morgan fingerprint density at radius 2 is 1.96 bits per heavy atom. The zero-order valence-electron chi connectivity index (χ0n) is 16.1. The highest BCUT2D eigenvalue weighted by atomic mass is 16.5. The number of fused-ring (bicyclic) bond motifs is 3. The number of nitrogens with one attached hydrogen (secondary N) is 1. The lowest BCUT2D eigenvalue weighted by Crippen LogP contribution is -2.37. The molecule has 0 saturated heterocycles. The third-order valence-corrected chi connectivity index (χ3v) is 5.12. The minimum absolute atomic E-state index is 0.108. The van der Waals surface area contributed by atoms with Crippen LogP contribution in [0.5, 0.6) is 5.75 Å². The minimum Gasteiger partial charge on any atom is -0.550 e. The van der Waals surface area contributed by atoms with Gasteiger partial charge < -0.3 is 24.4 Å². The molecular formula is C21H24NO6-. The number of carboxylic acids is 1. The van der Waals surface area contributed by atoms with Crippen molar-refractivity contribution in [3.05, 3.63) is 39.2 Å². The van der Waals surface area contributed by atoms with Gasteiger partial charge in [-0.05, 0) is 70.1 Å². The Bertz CT molecular complexity index is 962. The summed E-state index contributed by atoms with van der Waals surface area (Å²) in [6.45, 7) is 3.65. The topological polar surface area (TPSA) is 109 Å². The molecule has 3 rings (SSSR count). The standard InChI is InChI=1S/C21H25NO6/c1-12-17(27-13(2)20(25)22-11-5-8-18(23)24)10-9-15-14-6-3-4-7-16(14)21(26)28-19(12)15/h9-10,13H,3-8,11H2,1-2H3,(H,22,25)(H,23,24)/p-1/t13-/m1/s1. The fourth-order valence-corrected chi connectivity index (χ4v) is 3.58. The normalized spacial score (nSPS) is 14.4. The first-order valence-electron chi connectivity index (χ1n) is 9.61. The van der Waals surface area contributed by atoms with Gasteiger partial charge in [-0.1, -0.05) is 0 Å². The second kappa shape index (κ2) is 8.46. The van der Waals surface area contributed by atoms with Crippen LogP contribution in [0.4, 0.5) is 0 Å². The van der Waals surface area contributed by atoms with Crippen LogP contribution in [0.1, 0.15) is 49.3 Å². The van der Waals surface area contributed by atoms with E-state index in [-0.39, 0.29) is 24.5 Å². The van der Waals surface area contributed by atoms with Gasteiger partial charge in [-0.2, -0.15) is 0 Å². The second-order valence-electron chi connectivity index (χ2n) is 7.15. The molecule has 1 aromatic heterocycles. The van der Waals surface area contributed by atoms with Crippen molar-refractivity contribution in [2.45, 2.75) is 58.5 Å². The summed E-state index contributed by atoms with van der Waals surface area (Å²) in [6.07, 6.45) is 3.08. The van der Waals surface area contributed by atoms with E-state index in [0.717, 1.165) is 42.2 Å². The quantitative estimate of drug-likeness (QED) is 0.569. The van der Waals surface area contributed by atoms with Crippen LogP contribution in [0, 0.1) is 6.92 Å². The minimum atomic E-state index is -1.14. The average Bonchev–Trinajstić information content (AvgIpc) is 2.67. The molecule has 1 atom stereocenters. The maximum Gasteiger partial charge on any atom is 0.339 e. The van der Waals surface area contributed by atoms with E-state index >= 15 is 0 Å². The molecule has 1 amide bonds. The highest BCUT2D eigenvalue weighted by Crippen LogP contribution is 2.32. The molecule has 0 spiro atoms. The van der Waals surface area contributed by atoms with Crippen LogP contribution < -0.4 is 20.8 Å². The molecule has 0 fully saturated rings. The first-order chi connectivity index (χ1) is 13.4. The van der Waals surface area contributed by atoms with E-state index in [1.54, 1.807) is 19.9 Å². The van der Waals surface area contributed by atoms with Crippen molar-refractivity contribution < 1.29 is 23.8 Å². The Morgan fingerprint density at radius 3 is 2.68 bits per heavy atom. The van der Waals surface area contributed by atoms with Crippen molar-refractivity contribution in [1.82, 2.24) is 5.32 Å². The fraction of sp³-hybridized carbons (Fsp3) is 0.476. The van der Waals surface area contributed by atoms with Crippen molar-refractivity contribution in [2.24, 2.45) is 0 Å². The molecule has 150 valence electrons. The third-order valence-electron chi connectivity index (χ3n) is 5.12. The molecule has 7 nitrogen and oxygen atoms in total. The number of hydrogen-bond acceptors (Lipinski definition) is 6. The van der Waals surface area contributed by atoms with E-state index in [4.69, 9.17) is 9.15 Å². The Morgan fingerprint density at radius 1 is 1.25 bits per heavy atom. The molecule has 28 heavy (non-hydrogen) atoms. The van der Waals surface area contributed by atoms with Gasteiger partial charge in [0.25, 0.3) is 5.91 Å². The third kappa shape index (κ3) is 4.18. The largest absolute Gasteiger partial charge is 0.550 e. The van der Waals surface area contributed by atoms with Gasteiger partial charge in [0.15, 0.2) is 6.10 Å². The lowest BCUT2D eigenvalue weighted by molar-refractivity contribution is -0.305. The van der Waals surface area contributed by atoms with Crippen LogP contribution in [0.15, 0.2) is 21.3 Å². The van der Waals surface area contributed by atoms with Crippen LogP contribution in [0.2, 0.25) is 0 Å². The first kappa shape index (κ1) is 19.9. The van der Waals surface area contributed by atoms with Gasteiger partial charge in [0.1, 0.15) is 11.3 Å². The Balaban J connectivity index is 1.77. The molecular weight excluding hydrogens is 362 g/mol. The number of benzene rings is 1. The Kier molecular flexibility index (Phi) is 6.02. The van der Waals surface area contributed by atoms with Crippen molar-refractivity contribution in [1.29, 1.82) is 0 Å². The first-order valence-corrected chi connectivity index (χ1v) is 9.61. The van der Waals surface area contributed by atoms with Crippen LogP contribution in [0.25, 0.3) is 11.0 Å². The summed E-state index contributed by atoms with van der Waals surface area (Å²) in [5, 5.41) is 14.0. The average molecular weight is 386 g/mol. The molecule has 1 aromatic carbocycles. The number of carboxylic acid groups (broad SMARTS) is 1. The number of aliphatic carboxylic acids is 1. The van der Waals surface area contributed by atoms with Crippen molar-refractivity contribution >= 4 is 22.8 Å². The van der Waals surface area contributed by atoms with Gasteiger partial charge >= 0.3 is 5.63 Å². The monoisotopic (exact) mass is 386 g/mol. The summed E-state index contributed by atoms with van der Waals surface area (Å²) in [5.41, 5.74) is 2.73. The SMILES string of the molecule is Cc1c(O[C@H](C)C(=O)NCCCC(=O)[O-])ccc2c3c(c(=O)oc12)CCCC3. The van der Waals surface area contributed by atoms with Gasteiger partial charge in [0, 0.05) is 29.0 Å². The molecule has 0 aliphatic heterocycles. The molecule has 0 bridgehead atoms. The number of ether oxygens (including phenoxy) is 1. The molecule has 0 saturated carbocycles. The molecule has 7 heteroatoms. The maximum atomic E-state index is 12.3.